The third-order valence-corrected chi connectivity index (χ3v) is 4.31. The number of carbonyl (C=O) groups is 3. The minimum atomic E-state index is -0.978. The number of aliphatic carboxylic acids is 1. The Balaban J connectivity index is 1.77. The number of rotatable bonds is 6. The second-order valence-electron chi connectivity index (χ2n) is 6.20. The van der Waals surface area contributed by atoms with Gasteiger partial charge in [-0.05, 0) is 38.2 Å². The molecule has 0 bridgehead atoms. The summed E-state index contributed by atoms with van der Waals surface area (Å²) < 4.78 is 0. The van der Waals surface area contributed by atoms with E-state index >= 15 is 0 Å². The van der Waals surface area contributed by atoms with Gasteiger partial charge < -0.3 is 15.3 Å². The summed E-state index contributed by atoms with van der Waals surface area (Å²) in [6, 6.07) is 7.20. The van der Waals surface area contributed by atoms with Crippen LogP contribution in [0.5, 0.6) is 0 Å². The number of carbonyl (C=O) groups excluding carboxylic acids is 2. The van der Waals surface area contributed by atoms with Crippen molar-refractivity contribution in [2.75, 3.05) is 13.1 Å². The Hall–Kier alpha value is -2.37. The van der Waals surface area contributed by atoms with Gasteiger partial charge in [-0.3, -0.25) is 9.59 Å². The highest BCUT2D eigenvalue weighted by Crippen LogP contribution is 2.17. The molecule has 1 aromatic carbocycles. The molecule has 2 amide bonds. The second kappa shape index (κ2) is 8.47. The molecule has 0 aliphatic carbocycles. The SMILES string of the molecule is Cc1ccc(CCC(=O)NCC(=O)N2CCCC[C@@H]2C(=O)O)cc1. The van der Waals surface area contributed by atoms with Gasteiger partial charge in [0.05, 0.1) is 6.54 Å². The van der Waals surface area contributed by atoms with E-state index in [9.17, 15) is 19.5 Å². The van der Waals surface area contributed by atoms with Crippen LogP contribution in [0.3, 0.4) is 0 Å². The predicted octanol–water partition coefficient (Wildman–Crippen LogP) is 1.51. The number of aryl methyl sites for hydroxylation is 2. The van der Waals surface area contributed by atoms with E-state index in [1.54, 1.807) is 0 Å². The Morgan fingerprint density at radius 1 is 1.21 bits per heavy atom. The molecule has 1 aliphatic heterocycles. The molecule has 24 heavy (non-hydrogen) atoms. The number of nitrogens with one attached hydrogen (secondary N) is 1. The summed E-state index contributed by atoms with van der Waals surface area (Å²) in [5.74, 6) is -1.51. The highest BCUT2D eigenvalue weighted by atomic mass is 16.4. The Labute approximate surface area is 141 Å². The minimum Gasteiger partial charge on any atom is -0.480 e. The number of carboxylic acids is 1. The first kappa shape index (κ1) is 18.0. The van der Waals surface area contributed by atoms with E-state index in [2.05, 4.69) is 5.32 Å². The maximum atomic E-state index is 12.2. The molecule has 0 saturated carbocycles. The van der Waals surface area contributed by atoms with Gasteiger partial charge in [-0.2, -0.15) is 0 Å². The lowest BCUT2D eigenvalue weighted by atomic mass is 10.0. The number of likely N-dealkylation sites (tertiary alicyclic amines) is 1. The van der Waals surface area contributed by atoms with E-state index in [4.69, 9.17) is 0 Å². The molecule has 0 spiro atoms. The van der Waals surface area contributed by atoms with Crippen molar-refractivity contribution in [1.29, 1.82) is 0 Å². The third-order valence-electron chi connectivity index (χ3n) is 4.31. The van der Waals surface area contributed by atoms with Crippen molar-refractivity contribution < 1.29 is 19.5 Å². The molecule has 130 valence electrons. The molecule has 0 aromatic heterocycles. The molecule has 0 unspecified atom stereocenters. The number of piperidine rings is 1. The normalized spacial score (nSPS) is 17.4. The molecule has 1 heterocycles. The standard InChI is InChI=1S/C18H24N2O4/c1-13-5-7-14(8-6-13)9-10-16(21)19-12-17(22)20-11-3-2-4-15(20)18(23)24/h5-8,15H,2-4,9-12H2,1H3,(H,19,21)(H,23,24)/t15-/m1/s1. The van der Waals surface area contributed by atoms with Crippen LogP contribution in [0.15, 0.2) is 24.3 Å². The quantitative estimate of drug-likeness (QED) is 0.827. The molecule has 6 heteroatoms. The van der Waals surface area contributed by atoms with Gasteiger partial charge in [-0.15, -0.1) is 0 Å². The Morgan fingerprint density at radius 2 is 1.92 bits per heavy atom. The van der Waals surface area contributed by atoms with Crippen molar-refractivity contribution >= 4 is 17.8 Å². The van der Waals surface area contributed by atoms with Crippen molar-refractivity contribution in [1.82, 2.24) is 10.2 Å². The van der Waals surface area contributed by atoms with Gasteiger partial charge in [-0.25, -0.2) is 4.79 Å². The van der Waals surface area contributed by atoms with Gasteiger partial charge >= 0.3 is 5.97 Å². The smallest absolute Gasteiger partial charge is 0.326 e. The van der Waals surface area contributed by atoms with Gasteiger partial charge in [0.2, 0.25) is 11.8 Å². The highest BCUT2D eigenvalue weighted by molar-refractivity contribution is 5.88. The summed E-state index contributed by atoms with van der Waals surface area (Å²) in [6.07, 6.45) is 3.00. The van der Waals surface area contributed by atoms with E-state index in [0.29, 0.717) is 25.8 Å². The van der Waals surface area contributed by atoms with Crippen LogP contribution in [-0.2, 0) is 20.8 Å². The zero-order chi connectivity index (χ0) is 17.5. The van der Waals surface area contributed by atoms with Crippen LogP contribution in [0.4, 0.5) is 0 Å². The van der Waals surface area contributed by atoms with E-state index < -0.39 is 12.0 Å². The van der Waals surface area contributed by atoms with Gasteiger partial charge in [-0.1, -0.05) is 29.8 Å². The van der Waals surface area contributed by atoms with Crippen molar-refractivity contribution in [3.8, 4) is 0 Å². The van der Waals surface area contributed by atoms with Gasteiger partial charge in [0.15, 0.2) is 0 Å². The van der Waals surface area contributed by atoms with Gasteiger partial charge in [0.25, 0.3) is 0 Å². The molecule has 1 saturated heterocycles. The third kappa shape index (κ3) is 5.08. The molecule has 1 aliphatic rings. The van der Waals surface area contributed by atoms with Gasteiger partial charge in [0, 0.05) is 13.0 Å². The number of carboxylic acid groups (broad SMARTS) is 1. The molecule has 0 radical (unpaired) electrons. The van der Waals surface area contributed by atoms with E-state index in [1.807, 2.05) is 31.2 Å². The number of nitrogens with zero attached hydrogens (tertiary/aromatic N) is 1. The average Bonchev–Trinajstić information content (AvgIpc) is 2.59. The summed E-state index contributed by atoms with van der Waals surface area (Å²) >= 11 is 0. The number of benzene rings is 1. The van der Waals surface area contributed by atoms with Gasteiger partial charge in [0.1, 0.15) is 6.04 Å². The van der Waals surface area contributed by atoms with Crippen LogP contribution in [0, 0.1) is 6.92 Å². The Morgan fingerprint density at radius 3 is 2.58 bits per heavy atom. The topological polar surface area (TPSA) is 86.7 Å². The summed E-state index contributed by atoms with van der Waals surface area (Å²) in [6.45, 7) is 2.30. The van der Waals surface area contributed by atoms with Crippen LogP contribution in [0.25, 0.3) is 0 Å². The molecule has 2 rings (SSSR count). The Bertz CT molecular complexity index is 598. The molecule has 2 N–H and O–H groups in total. The molecule has 6 nitrogen and oxygen atoms in total. The van der Waals surface area contributed by atoms with Crippen LogP contribution in [-0.4, -0.2) is 46.9 Å². The number of hydrogen-bond acceptors (Lipinski definition) is 3. The Kier molecular flexibility index (Phi) is 6.35. The molecule has 1 aromatic rings. The largest absolute Gasteiger partial charge is 0.480 e. The fourth-order valence-corrected chi connectivity index (χ4v) is 2.86. The minimum absolute atomic E-state index is 0.142. The summed E-state index contributed by atoms with van der Waals surface area (Å²) in [5.41, 5.74) is 2.24. The summed E-state index contributed by atoms with van der Waals surface area (Å²) in [5, 5.41) is 11.8. The average molecular weight is 332 g/mol. The zero-order valence-corrected chi connectivity index (χ0v) is 14.0. The lowest BCUT2D eigenvalue weighted by molar-refractivity contribution is -0.151. The lowest BCUT2D eigenvalue weighted by Gasteiger charge is -2.33. The first-order chi connectivity index (χ1) is 11.5. The first-order valence-electron chi connectivity index (χ1n) is 8.32. The van der Waals surface area contributed by atoms with Crippen LogP contribution in [0.1, 0.15) is 36.8 Å². The first-order valence-corrected chi connectivity index (χ1v) is 8.32. The maximum absolute atomic E-state index is 12.2. The summed E-state index contributed by atoms with van der Waals surface area (Å²) in [4.78, 5) is 36.6. The lowest BCUT2D eigenvalue weighted by Crippen LogP contribution is -2.51. The van der Waals surface area contributed by atoms with Crippen molar-refractivity contribution in [2.24, 2.45) is 0 Å². The van der Waals surface area contributed by atoms with Crippen molar-refractivity contribution in [3.63, 3.8) is 0 Å². The molecule has 1 atom stereocenters. The molecular formula is C18H24N2O4. The van der Waals surface area contributed by atoms with E-state index in [1.165, 1.54) is 10.5 Å². The second-order valence-corrected chi connectivity index (χ2v) is 6.20. The molecule has 1 fully saturated rings. The fraction of sp³-hybridized carbons (Fsp3) is 0.500. The number of hydrogen-bond donors (Lipinski definition) is 2. The summed E-state index contributed by atoms with van der Waals surface area (Å²) in [7, 11) is 0. The van der Waals surface area contributed by atoms with Crippen LogP contribution >= 0.6 is 0 Å². The van der Waals surface area contributed by atoms with Crippen molar-refractivity contribution in [3.05, 3.63) is 35.4 Å². The van der Waals surface area contributed by atoms with Crippen LogP contribution in [0.2, 0.25) is 0 Å². The fourth-order valence-electron chi connectivity index (χ4n) is 2.86. The monoisotopic (exact) mass is 332 g/mol. The molecular weight excluding hydrogens is 308 g/mol. The van der Waals surface area contributed by atoms with Crippen molar-refractivity contribution in [2.45, 2.75) is 45.1 Å². The predicted molar refractivity (Wildman–Crippen MR) is 89.5 cm³/mol. The highest BCUT2D eigenvalue weighted by Gasteiger charge is 2.31. The van der Waals surface area contributed by atoms with E-state index in [0.717, 1.165) is 18.4 Å². The maximum Gasteiger partial charge on any atom is 0.326 e. The van der Waals surface area contributed by atoms with Crippen LogP contribution < -0.4 is 5.32 Å². The number of amides is 2. The zero-order valence-electron chi connectivity index (χ0n) is 14.0. The van der Waals surface area contributed by atoms with E-state index in [-0.39, 0.29) is 18.4 Å².